The van der Waals surface area contributed by atoms with Gasteiger partial charge in [0.2, 0.25) is 0 Å². The quantitative estimate of drug-likeness (QED) is 0.671. The Morgan fingerprint density at radius 1 is 1.14 bits per heavy atom. The fourth-order valence-corrected chi connectivity index (χ4v) is 3.87. The largest absolute Gasteiger partial charge is 0.294 e. The van der Waals surface area contributed by atoms with E-state index in [2.05, 4.69) is 37.8 Å². The Morgan fingerprint density at radius 2 is 1.95 bits per heavy atom. The number of halogens is 1. The molecule has 0 bridgehead atoms. The first-order valence-electron chi connectivity index (χ1n) is 8.71. The Labute approximate surface area is 137 Å². The molecule has 3 nitrogen and oxygen atoms in total. The zero-order chi connectivity index (χ0) is 14.5. The minimum atomic E-state index is 0.659. The topological polar surface area (TPSA) is 21.1 Å². The molecule has 2 saturated carbocycles. The summed E-state index contributed by atoms with van der Waals surface area (Å²) in [5, 5.41) is 5.99. The Hall–Kier alpha value is -0.350. The Morgan fingerprint density at radius 3 is 2.62 bits per heavy atom. The molecule has 0 atom stereocenters. The third kappa shape index (κ3) is 4.10. The van der Waals surface area contributed by atoms with Crippen molar-refractivity contribution in [3.05, 3.63) is 18.0 Å². The molecule has 0 amide bonds. The lowest BCUT2D eigenvalue weighted by atomic mass is 9.91. The highest BCUT2D eigenvalue weighted by Gasteiger charge is 2.25. The molecular formula is C17H28BrN3. The SMILES string of the molecule is BrCCCN(Cc1ccn(C2CCCCC2)n1)C1CCC1. The van der Waals surface area contributed by atoms with Gasteiger partial charge in [0.25, 0.3) is 0 Å². The van der Waals surface area contributed by atoms with Gasteiger partial charge < -0.3 is 0 Å². The van der Waals surface area contributed by atoms with E-state index in [0.29, 0.717) is 6.04 Å². The fourth-order valence-electron chi connectivity index (χ4n) is 3.62. The zero-order valence-electron chi connectivity index (χ0n) is 13.0. The summed E-state index contributed by atoms with van der Waals surface area (Å²) in [6.45, 7) is 2.24. The molecule has 0 N–H and O–H groups in total. The van der Waals surface area contributed by atoms with Crippen LogP contribution >= 0.6 is 15.9 Å². The molecule has 1 aromatic heterocycles. The van der Waals surface area contributed by atoms with E-state index in [0.717, 1.165) is 17.9 Å². The van der Waals surface area contributed by atoms with Gasteiger partial charge in [-0.25, -0.2) is 0 Å². The summed E-state index contributed by atoms with van der Waals surface area (Å²) >= 11 is 3.56. The molecule has 1 heterocycles. The lowest BCUT2D eigenvalue weighted by Crippen LogP contribution is -2.40. The van der Waals surface area contributed by atoms with E-state index >= 15 is 0 Å². The van der Waals surface area contributed by atoms with E-state index in [-0.39, 0.29) is 0 Å². The van der Waals surface area contributed by atoms with Crippen molar-refractivity contribution in [2.45, 2.75) is 76.4 Å². The molecule has 3 rings (SSSR count). The van der Waals surface area contributed by atoms with Gasteiger partial charge in [-0.05, 0) is 44.7 Å². The molecule has 0 radical (unpaired) electrons. The molecule has 0 saturated heterocycles. The van der Waals surface area contributed by atoms with E-state index in [4.69, 9.17) is 5.10 Å². The van der Waals surface area contributed by atoms with Gasteiger partial charge in [-0.1, -0.05) is 41.6 Å². The molecule has 0 aromatic carbocycles. The fraction of sp³-hybridized carbons (Fsp3) is 0.824. The molecular weight excluding hydrogens is 326 g/mol. The lowest BCUT2D eigenvalue weighted by Gasteiger charge is -2.37. The van der Waals surface area contributed by atoms with Crippen molar-refractivity contribution < 1.29 is 0 Å². The van der Waals surface area contributed by atoms with Crippen LogP contribution in [0.3, 0.4) is 0 Å². The van der Waals surface area contributed by atoms with Crippen LogP contribution in [0.25, 0.3) is 0 Å². The number of rotatable bonds is 7. The van der Waals surface area contributed by atoms with Crippen molar-refractivity contribution >= 4 is 15.9 Å². The van der Waals surface area contributed by atoms with E-state index in [1.807, 2.05) is 0 Å². The highest BCUT2D eigenvalue weighted by Crippen LogP contribution is 2.29. The molecule has 2 aliphatic rings. The van der Waals surface area contributed by atoms with Crippen LogP contribution in [-0.4, -0.2) is 32.6 Å². The molecule has 2 aliphatic carbocycles. The standard InChI is InChI=1S/C17H28BrN3/c18-11-5-12-20(16-8-4-9-16)14-15-10-13-21(19-15)17-6-2-1-3-7-17/h10,13,16-17H,1-9,11-12,14H2. The summed E-state index contributed by atoms with van der Waals surface area (Å²) in [5.74, 6) is 0. The maximum atomic E-state index is 4.89. The van der Waals surface area contributed by atoms with Gasteiger partial charge in [-0.15, -0.1) is 0 Å². The summed E-state index contributed by atoms with van der Waals surface area (Å²) in [7, 11) is 0. The number of hydrogen-bond donors (Lipinski definition) is 0. The van der Waals surface area contributed by atoms with Crippen LogP contribution in [0.1, 0.15) is 69.5 Å². The summed E-state index contributed by atoms with van der Waals surface area (Å²) < 4.78 is 2.25. The van der Waals surface area contributed by atoms with Crippen LogP contribution in [0.2, 0.25) is 0 Å². The lowest BCUT2D eigenvalue weighted by molar-refractivity contribution is 0.118. The minimum absolute atomic E-state index is 0.659. The predicted octanol–water partition coefficient (Wildman–Crippen LogP) is 4.53. The Balaban J connectivity index is 1.58. The maximum Gasteiger partial charge on any atom is 0.0765 e. The molecule has 4 heteroatoms. The van der Waals surface area contributed by atoms with Gasteiger partial charge in [0.05, 0.1) is 11.7 Å². The first kappa shape index (κ1) is 15.5. The van der Waals surface area contributed by atoms with Crippen LogP contribution in [0.5, 0.6) is 0 Å². The van der Waals surface area contributed by atoms with Crippen molar-refractivity contribution in [2.75, 3.05) is 11.9 Å². The third-order valence-corrected chi connectivity index (χ3v) is 5.71. The molecule has 118 valence electrons. The first-order chi connectivity index (χ1) is 10.4. The second-order valence-corrected chi connectivity index (χ2v) is 7.47. The molecule has 0 spiro atoms. The van der Waals surface area contributed by atoms with E-state index < -0.39 is 0 Å². The van der Waals surface area contributed by atoms with Crippen molar-refractivity contribution in [2.24, 2.45) is 0 Å². The van der Waals surface area contributed by atoms with Crippen LogP contribution in [0.15, 0.2) is 12.3 Å². The Bertz CT molecular complexity index is 421. The highest BCUT2D eigenvalue weighted by atomic mass is 79.9. The van der Waals surface area contributed by atoms with Crippen LogP contribution in [0, 0.1) is 0 Å². The number of nitrogens with zero attached hydrogens (tertiary/aromatic N) is 3. The molecule has 21 heavy (non-hydrogen) atoms. The number of alkyl halides is 1. The molecule has 0 unspecified atom stereocenters. The average molecular weight is 354 g/mol. The van der Waals surface area contributed by atoms with Crippen LogP contribution in [0.4, 0.5) is 0 Å². The summed E-state index contributed by atoms with van der Waals surface area (Å²) in [6.07, 6.45) is 14.4. The van der Waals surface area contributed by atoms with Gasteiger partial charge in [0.1, 0.15) is 0 Å². The summed E-state index contributed by atoms with van der Waals surface area (Å²) in [6, 6.07) is 3.71. The van der Waals surface area contributed by atoms with E-state index in [9.17, 15) is 0 Å². The van der Waals surface area contributed by atoms with Crippen molar-refractivity contribution in [3.8, 4) is 0 Å². The normalized spacial score (nSPS) is 20.9. The average Bonchev–Trinajstić information content (AvgIpc) is 2.92. The molecule has 0 aliphatic heterocycles. The van der Waals surface area contributed by atoms with Gasteiger partial charge in [0, 0.05) is 24.1 Å². The second-order valence-electron chi connectivity index (χ2n) is 6.68. The van der Waals surface area contributed by atoms with Crippen LogP contribution < -0.4 is 0 Å². The van der Waals surface area contributed by atoms with Crippen molar-refractivity contribution in [1.82, 2.24) is 14.7 Å². The highest BCUT2D eigenvalue weighted by molar-refractivity contribution is 9.09. The van der Waals surface area contributed by atoms with Crippen LogP contribution in [-0.2, 0) is 6.54 Å². The van der Waals surface area contributed by atoms with Crippen molar-refractivity contribution in [1.29, 1.82) is 0 Å². The number of hydrogen-bond acceptors (Lipinski definition) is 2. The predicted molar refractivity (Wildman–Crippen MR) is 90.8 cm³/mol. The molecule has 1 aromatic rings. The zero-order valence-corrected chi connectivity index (χ0v) is 14.6. The van der Waals surface area contributed by atoms with Gasteiger partial charge in [-0.3, -0.25) is 9.58 Å². The monoisotopic (exact) mass is 353 g/mol. The second kappa shape index (κ2) is 7.77. The number of aromatic nitrogens is 2. The molecule has 2 fully saturated rings. The van der Waals surface area contributed by atoms with Gasteiger partial charge in [0.15, 0.2) is 0 Å². The van der Waals surface area contributed by atoms with Crippen molar-refractivity contribution in [3.63, 3.8) is 0 Å². The van der Waals surface area contributed by atoms with Gasteiger partial charge >= 0.3 is 0 Å². The minimum Gasteiger partial charge on any atom is -0.294 e. The summed E-state index contributed by atoms with van der Waals surface area (Å²) in [4.78, 5) is 2.65. The smallest absolute Gasteiger partial charge is 0.0765 e. The van der Waals surface area contributed by atoms with E-state index in [1.54, 1.807) is 0 Å². The first-order valence-corrected chi connectivity index (χ1v) is 9.83. The van der Waals surface area contributed by atoms with E-state index in [1.165, 1.54) is 70.0 Å². The maximum absolute atomic E-state index is 4.89. The Kier molecular flexibility index (Phi) is 5.75. The van der Waals surface area contributed by atoms with Gasteiger partial charge in [-0.2, -0.15) is 5.10 Å². The summed E-state index contributed by atoms with van der Waals surface area (Å²) in [5.41, 5.74) is 1.27. The third-order valence-electron chi connectivity index (χ3n) is 5.15.